The van der Waals surface area contributed by atoms with Crippen LogP contribution >= 0.6 is 11.3 Å². The molecule has 3 rings (SSSR count). The molecular weight excluding hydrogens is 541 g/mol. The molecule has 6 heteroatoms. The van der Waals surface area contributed by atoms with Gasteiger partial charge in [-0.1, -0.05) is 71.8 Å². The summed E-state index contributed by atoms with van der Waals surface area (Å²) in [4.78, 5) is 21.4. The van der Waals surface area contributed by atoms with Crippen molar-refractivity contribution in [3.63, 3.8) is 0 Å². The first kappa shape index (κ1) is 35.6. The summed E-state index contributed by atoms with van der Waals surface area (Å²) in [6, 6.07) is 1.83. The minimum absolute atomic E-state index is 0.0194. The lowest BCUT2D eigenvalue weighted by Crippen LogP contribution is -2.30. The minimum atomic E-state index is -0.507. The summed E-state index contributed by atoms with van der Waals surface area (Å²) in [5, 5.41) is 3.21. The topological polar surface area (TPSA) is 44.7 Å². The summed E-state index contributed by atoms with van der Waals surface area (Å²) in [6.45, 7) is 21.9. The van der Waals surface area contributed by atoms with Gasteiger partial charge < -0.3 is 10.2 Å². The van der Waals surface area contributed by atoms with E-state index in [9.17, 15) is 4.79 Å². The quantitative estimate of drug-likeness (QED) is 0.127. The Bertz CT molecular complexity index is 1190. The Labute approximate surface area is 259 Å². The van der Waals surface area contributed by atoms with Gasteiger partial charge in [-0.05, 0) is 103 Å². The van der Waals surface area contributed by atoms with Gasteiger partial charge in [0.2, 0.25) is 0 Å². The minimum Gasteiger partial charge on any atom is -0.344 e. The van der Waals surface area contributed by atoms with Crippen LogP contribution in [0, 0.1) is 5.92 Å². The number of likely N-dealkylation sites (tertiary alicyclic amines) is 1. The number of amidine groups is 1. The van der Waals surface area contributed by atoms with E-state index in [1.807, 2.05) is 12.1 Å². The maximum atomic E-state index is 15.2. The second-order valence-electron chi connectivity index (χ2n) is 11.8. The summed E-state index contributed by atoms with van der Waals surface area (Å²) >= 11 is 1.51. The van der Waals surface area contributed by atoms with Crippen LogP contribution in [0.5, 0.6) is 0 Å². The van der Waals surface area contributed by atoms with E-state index in [2.05, 4.69) is 75.3 Å². The van der Waals surface area contributed by atoms with Gasteiger partial charge in [0, 0.05) is 21.6 Å². The fourth-order valence-corrected chi connectivity index (χ4v) is 7.45. The molecule has 232 valence electrons. The number of thiophene rings is 1. The number of nitrogens with zero attached hydrogens (tertiary/aromatic N) is 2. The van der Waals surface area contributed by atoms with E-state index >= 15 is 4.39 Å². The first-order valence-electron chi connectivity index (χ1n) is 15.8. The van der Waals surface area contributed by atoms with Crippen LogP contribution in [0.2, 0.25) is 0 Å². The Kier molecular flexibility index (Phi) is 14.9. The number of nitrogens with one attached hydrogen (secondary N) is 1. The Balaban J connectivity index is 0.00000197. The van der Waals surface area contributed by atoms with Gasteiger partial charge >= 0.3 is 0 Å². The molecule has 0 radical (unpaired) electrons. The lowest BCUT2D eigenvalue weighted by molar-refractivity contribution is 0.101. The molecule has 1 aromatic heterocycles. The molecular formula is C36H54FN3OS. The summed E-state index contributed by atoms with van der Waals surface area (Å²) in [5.74, 6) is 0.597. The van der Waals surface area contributed by atoms with Gasteiger partial charge in [0.1, 0.15) is 17.4 Å². The Morgan fingerprint density at radius 2 is 1.79 bits per heavy atom. The second-order valence-corrected chi connectivity index (χ2v) is 12.8. The van der Waals surface area contributed by atoms with Crippen LogP contribution in [-0.4, -0.2) is 36.7 Å². The molecule has 42 heavy (non-hydrogen) atoms. The highest BCUT2D eigenvalue weighted by atomic mass is 32.1. The van der Waals surface area contributed by atoms with Crippen molar-refractivity contribution in [3.8, 4) is 0 Å². The highest BCUT2D eigenvalue weighted by Crippen LogP contribution is 2.48. The molecule has 0 atom stereocenters. The maximum absolute atomic E-state index is 15.2. The molecule has 0 bridgehead atoms. The van der Waals surface area contributed by atoms with Crippen LogP contribution in [0.15, 0.2) is 65.6 Å². The number of piperidine rings is 1. The van der Waals surface area contributed by atoms with Crippen molar-refractivity contribution in [2.75, 3.05) is 20.1 Å². The molecule has 1 N–H and O–H groups in total. The molecule has 0 spiro atoms. The van der Waals surface area contributed by atoms with Gasteiger partial charge in [-0.25, -0.2) is 9.38 Å². The molecule has 0 aromatic carbocycles. The van der Waals surface area contributed by atoms with Crippen molar-refractivity contribution in [2.24, 2.45) is 10.9 Å². The number of rotatable bonds is 10. The summed E-state index contributed by atoms with van der Waals surface area (Å²) < 4.78 is 15.2. The molecule has 4 nitrogen and oxygen atoms in total. The van der Waals surface area contributed by atoms with Crippen LogP contribution < -0.4 is 5.32 Å². The van der Waals surface area contributed by atoms with Crippen molar-refractivity contribution in [2.45, 2.75) is 105 Å². The number of hydrogen-bond acceptors (Lipinski definition) is 4. The summed E-state index contributed by atoms with van der Waals surface area (Å²) in [5.41, 5.74) is 2.88. The van der Waals surface area contributed by atoms with Gasteiger partial charge in [0.05, 0.1) is 4.88 Å². The molecule has 2 fully saturated rings. The Morgan fingerprint density at radius 3 is 2.31 bits per heavy atom. The zero-order valence-corrected chi connectivity index (χ0v) is 28.1. The first-order valence-corrected chi connectivity index (χ1v) is 16.6. The van der Waals surface area contributed by atoms with Crippen LogP contribution in [0.3, 0.4) is 0 Å². The maximum Gasteiger partial charge on any atom is 0.160 e. The van der Waals surface area contributed by atoms with Gasteiger partial charge in [0.25, 0.3) is 0 Å². The van der Waals surface area contributed by atoms with Gasteiger partial charge in [-0.3, -0.25) is 4.79 Å². The highest BCUT2D eigenvalue weighted by Gasteiger charge is 2.37. The monoisotopic (exact) mass is 595 g/mol. The zero-order valence-electron chi connectivity index (χ0n) is 27.2. The van der Waals surface area contributed by atoms with Crippen LogP contribution in [0.25, 0.3) is 5.70 Å². The third kappa shape index (κ3) is 9.74. The number of Topliss-reactive ketones (excluding diaryl/α,β-unsaturated/α-hetero) is 1. The van der Waals surface area contributed by atoms with Crippen molar-refractivity contribution in [3.05, 3.63) is 75.9 Å². The van der Waals surface area contributed by atoms with Crippen molar-refractivity contribution in [1.82, 2.24) is 10.2 Å². The number of hydrogen-bond donors (Lipinski definition) is 1. The Hall–Kier alpha value is -2.57. The van der Waals surface area contributed by atoms with Crippen molar-refractivity contribution in [1.29, 1.82) is 0 Å². The van der Waals surface area contributed by atoms with Gasteiger partial charge in [-0.2, -0.15) is 0 Å². The number of carbonyl (C=O) groups excluding carboxylic acids is 1. The van der Waals surface area contributed by atoms with E-state index in [0.29, 0.717) is 27.9 Å². The largest absolute Gasteiger partial charge is 0.344 e. The molecule has 2 aliphatic rings. The smallest absolute Gasteiger partial charge is 0.160 e. The van der Waals surface area contributed by atoms with E-state index < -0.39 is 5.83 Å². The third-order valence-corrected chi connectivity index (χ3v) is 9.73. The molecule has 1 aliphatic carbocycles. The molecule has 0 unspecified atom stereocenters. The van der Waals surface area contributed by atoms with Crippen LogP contribution in [-0.2, 0) is 5.41 Å². The zero-order chi connectivity index (χ0) is 31.3. The van der Waals surface area contributed by atoms with Crippen LogP contribution in [0.1, 0.15) is 119 Å². The second kappa shape index (κ2) is 17.5. The molecule has 0 amide bonds. The van der Waals surface area contributed by atoms with E-state index in [-0.39, 0.29) is 16.9 Å². The van der Waals surface area contributed by atoms with E-state index in [1.165, 1.54) is 35.8 Å². The van der Waals surface area contributed by atoms with E-state index in [0.717, 1.165) is 62.9 Å². The number of allylic oxidation sites excluding steroid dienone is 6. The fraction of sp³-hybridized carbons (Fsp3) is 0.556. The predicted molar refractivity (Wildman–Crippen MR) is 182 cm³/mol. The Morgan fingerprint density at radius 1 is 1.17 bits per heavy atom. The first-order chi connectivity index (χ1) is 20.0. The van der Waals surface area contributed by atoms with E-state index in [1.54, 1.807) is 13.8 Å². The molecule has 1 aromatic rings. The third-order valence-electron chi connectivity index (χ3n) is 8.34. The predicted octanol–water partition coefficient (Wildman–Crippen LogP) is 10.2. The molecule has 2 heterocycles. The number of ketones is 1. The van der Waals surface area contributed by atoms with Crippen molar-refractivity contribution >= 4 is 28.7 Å². The number of aliphatic imine (C=N–C) groups is 1. The van der Waals surface area contributed by atoms with Gasteiger partial charge in [0.15, 0.2) is 5.78 Å². The highest BCUT2D eigenvalue weighted by molar-refractivity contribution is 7.13. The standard InChI is InChI=1S/C33H46FN3OS.C3H8/c1-8-26(27-16-20-37(7)21-17-27)15-14-23(4)35-25(6)36-31(29(34)9-2)30-22-28(24(5)38)32(39-30)33(10-3)18-12-11-13-19-33;1-3-2/h8-9,14-15,22,27H,2,4,10-13,16-21H2,1,3,5-7H3,(H,35,36);3H2,1-2H3/b15-14-,26-8+,31-29+;. The fourth-order valence-electron chi connectivity index (χ4n) is 5.93. The number of carbonyl (C=O) groups is 1. The average molecular weight is 596 g/mol. The lowest BCUT2D eigenvalue weighted by atomic mass is 9.70. The number of halogens is 1. The summed E-state index contributed by atoms with van der Waals surface area (Å²) in [7, 11) is 2.17. The van der Waals surface area contributed by atoms with Crippen molar-refractivity contribution < 1.29 is 9.18 Å². The molecule has 1 saturated carbocycles. The summed E-state index contributed by atoms with van der Waals surface area (Å²) in [6.07, 6.45) is 17.6. The van der Waals surface area contributed by atoms with E-state index in [4.69, 9.17) is 0 Å². The van der Waals surface area contributed by atoms with Crippen LogP contribution in [0.4, 0.5) is 4.39 Å². The molecule has 1 aliphatic heterocycles. The normalized spacial score (nSPS) is 19.1. The van der Waals surface area contributed by atoms with Gasteiger partial charge in [-0.15, -0.1) is 11.3 Å². The average Bonchev–Trinajstić information content (AvgIpc) is 3.44. The SMILES string of the molecule is C=C/C(F)=C(\N=C(C)NC(=C)/C=C\C(=C/C)C1CCN(C)CC1)c1cc(C(C)=O)c(C2(CC)CCCCC2)s1.CCC. The molecule has 1 saturated heterocycles. The lowest BCUT2D eigenvalue weighted by Gasteiger charge is -2.36.